The first-order chi connectivity index (χ1) is 15.1. The van der Waals surface area contributed by atoms with E-state index in [4.69, 9.17) is 0 Å². The highest BCUT2D eigenvalue weighted by Gasteiger charge is 2.12. The molecule has 2 aromatic heterocycles. The van der Waals surface area contributed by atoms with E-state index in [9.17, 15) is 0 Å². The molecule has 0 aliphatic heterocycles. The smallest absolute Gasteiger partial charge is 0.0443 e. The molecular weight excluding hydrogens is 429 g/mol. The Morgan fingerprint density at radius 3 is 2.16 bits per heavy atom. The second kappa shape index (κ2) is 7.21. The van der Waals surface area contributed by atoms with Crippen LogP contribution in [-0.2, 0) is 0 Å². The molecule has 0 unspecified atom stereocenters. The van der Waals surface area contributed by atoms with Crippen molar-refractivity contribution in [2.45, 2.75) is 26.1 Å². The summed E-state index contributed by atoms with van der Waals surface area (Å²) in [5, 5.41) is 8.11. The molecule has 0 fully saturated rings. The first kappa shape index (κ1) is 19.1. The minimum absolute atomic E-state index is 0.629. The minimum atomic E-state index is -0.629. The van der Waals surface area contributed by atoms with Crippen LogP contribution < -0.4 is 0 Å². The molecule has 0 amide bonds. The van der Waals surface area contributed by atoms with Crippen molar-refractivity contribution in [3.05, 3.63) is 71.8 Å². The van der Waals surface area contributed by atoms with Crippen LogP contribution in [0.25, 0.3) is 51.1 Å². The highest BCUT2D eigenvalue weighted by molar-refractivity contribution is 7.27. The van der Waals surface area contributed by atoms with Gasteiger partial charge in [-0.1, -0.05) is 43.3 Å². The summed E-state index contributed by atoms with van der Waals surface area (Å²) in [6, 6.07) is 24.0. The zero-order chi connectivity index (χ0) is 21.1. The molecule has 4 aromatic carbocycles. The van der Waals surface area contributed by atoms with E-state index in [1.54, 1.807) is 0 Å². The van der Waals surface area contributed by atoms with Crippen molar-refractivity contribution in [1.29, 1.82) is 0 Å². The van der Waals surface area contributed by atoms with Crippen molar-refractivity contribution >= 4 is 82.6 Å². The van der Waals surface area contributed by atoms with Crippen LogP contribution in [-0.4, -0.2) is 8.80 Å². The average Bonchev–Trinajstić information content (AvgIpc) is 3.27. The summed E-state index contributed by atoms with van der Waals surface area (Å²) < 4.78 is 5.49. The lowest BCUT2D eigenvalue weighted by Gasteiger charge is -2.04. The topological polar surface area (TPSA) is 0 Å². The Kier molecular flexibility index (Phi) is 4.43. The number of hydrogen-bond acceptors (Lipinski definition) is 2. The monoisotopic (exact) mass is 450 g/mol. The molecule has 2 heterocycles. The van der Waals surface area contributed by atoms with Crippen LogP contribution >= 0.6 is 22.7 Å². The fourth-order valence-corrected chi connectivity index (χ4v) is 7.18. The van der Waals surface area contributed by atoms with Gasteiger partial charge in [-0.25, -0.2) is 0 Å². The number of thiophene rings is 2. The van der Waals surface area contributed by atoms with Gasteiger partial charge in [0.05, 0.1) is 0 Å². The molecule has 0 atom stereocenters. The van der Waals surface area contributed by atoms with Crippen LogP contribution in [0.3, 0.4) is 0 Å². The molecule has 0 aliphatic rings. The Balaban J connectivity index is 1.57. The summed E-state index contributed by atoms with van der Waals surface area (Å²) in [5.41, 5.74) is 2.45. The summed E-state index contributed by atoms with van der Waals surface area (Å²) in [6.45, 7) is 6.90. The van der Waals surface area contributed by atoms with Gasteiger partial charge in [0.2, 0.25) is 0 Å². The Bertz CT molecular complexity index is 1700. The van der Waals surface area contributed by atoms with E-state index in [2.05, 4.69) is 92.5 Å². The third-order valence-electron chi connectivity index (χ3n) is 6.00. The molecule has 0 saturated carbocycles. The highest BCUT2D eigenvalue weighted by atomic mass is 32.1. The van der Waals surface area contributed by atoms with Gasteiger partial charge in [-0.3, -0.25) is 0 Å². The molecule has 150 valence electrons. The van der Waals surface area contributed by atoms with E-state index >= 15 is 0 Å². The summed E-state index contributed by atoms with van der Waals surface area (Å²) in [5.74, 6) is 6.85. The molecule has 0 nitrogen and oxygen atoms in total. The number of fused-ring (bicyclic) bond motifs is 7. The lowest BCUT2D eigenvalue weighted by Crippen LogP contribution is -1.95. The van der Waals surface area contributed by atoms with Crippen LogP contribution in [0, 0.1) is 18.8 Å². The predicted molar refractivity (Wildman–Crippen MR) is 145 cm³/mol. The van der Waals surface area contributed by atoms with Gasteiger partial charge in [-0.05, 0) is 59.7 Å². The number of benzene rings is 4. The molecule has 31 heavy (non-hydrogen) atoms. The SMILES string of the molecule is Cc1cc2cc3c(cc2cc1C#CC[SiH](C)C)sc1cc2c(cc13)sc1ccccc12. The van der Waals surface area contributed by atoms with E-state index in [1.165, 1.54) is 62.2 Å². The van der Waals surface area contributed by atoms with E-state index in [-0.39, 0.29) is 0 Å². The highest BCUT2D eigenvalue weighted by Crippen LogP contribution is 2.42. The number of rotatable bonds is 1. The maximum atomic E-state index is 3.44. The fourth-order valence-electron chi connectivity index (χ4n) is 4.39. The molecule has 0 N–H and O–H groups in total. The average molecular weight is 451 g/mol. The van der Waals surface area contributed by atoms with E-state index < -0.39 is 8.80 Å². The molecule has 0 radical (unpaired) electrons. The molecule has 0 saturated heterocycles. The molecular formula is C28H22S2Si. The zero-order valence-electron chi connectivity index (χ0n) is 17.9. The van der Waals surface area contributed by atoms with Gasteiger partial charge in [-0.15, -0.1) is 28.6 Å². The Hall–Kier alpha value is -2.64. The van der Waals surface area contributed by atoms with Gasteiger partial charge in [0.1, 0.15) is 0 Å². The number of hydrogen-bond donors (Lipinski definition) is 0. The van der Waals surface area contributed by atoms with Crippen molar-refractivity contribution < 1.29 is 0 Å². The molecule has 3 heteroatoms. The minimum Gasteiger partial charge on any atom is -0.135 e. The van der Waals surface area contributed by atoms with Crippen LogP contribution in [0.5, 0.6) is 0 Å². The van der Waals surface area contributed by atoms with Gasteiger partial charge in [0, 0.05) is 60.7 Å². The van der Waals surface area contributed by atoms with Crippen LogP contribution in [0.2, 0.25) is 19.1 Å². The van der Waals surface area contributed by atoms with E-state index in [1.807, 2.05) is 22.7 Å². The van der Waals surface area contributed by atoms with E-state index in [0.29, 0.717) is 0 Å². The van der Waals surface area contributed by atoms with Crippen molar-refractivity contribution in [2.75, 3.05) is 0 Å². The lowest BCUT2D eigenvalue weighted by atomic mass is 10.00. The molecule has 0 spiro atoms. The van der Waals surface area contributed by atoms with Crippen LogP contribution in [0.15, 0.2) is 60.7 Å². The summed E-state index contributed by atoms with van der Waals surface area (Å²) in [7, 11) is -0.629. The largest absolute Gasteiger partial charge is 0.135 e. The van der Waals surface area contributed by atoms with Crippen molar-refractivity contribution in [3.63, 3.8) is 0 Å². The Morgan fingerprint density at radius 1 is 0.710 bits per heavy atom. The second-order valence-electron chi connectivity index (χ2n) is 8.81. The molecule has 0 bridgehead atoms. The van der Waals surface area contributed by atoms with E-state index in [0.717, 1.165) is 6.04 Å². The van der Waals surface area contributed by atoms with Crippen molar-refractivity contribution in [2.24, 2.45) is 0 Å². The third-order valence-corrected chi connectivity index (χ3v) is 9.27. The van der Waals surface area contributed by atoms with Gasteiger partial charge >= 0.3 is 0 Å². The first-order valence-electron chi connectivity index (χ1n) is 10.8. The second-order valence-corrected chi connectivity index (χ2v) is 14.2. The summed E-state index contributed by atoms with van der Waals surface area (Å²) >= 11 is 3.81. The standard InChI is InChI=1S/C28H22S2Si/c1-17-11-19-13-22-24-16-27-23(21-8-4-5-9-25(21)29-27)15-28(24)30-26(22)14-20(19)12-18(17)7-6-10-31(2)3/h4-5,8-9,11-16,31H,10H2,1-3H3. The van der Waals surface area contributed by atoms with Crippen LogP contribution in [0.1, 0.15) is 11.1 Å². The fraction of sp³-hybridized carbons (Fsp3) is 0.143. The normalized spacial score (nSPS) is 11.9. The first-order valence-corrected chi connectivity index (χ1v) is 15.5. The lowest BCUT2D eigenvalue weighted by molar-refractivity contribution is 1.47. The molecule has 6 rings (SSSR count). The van der Waals surface area contributed by atoms with Gasteiger partial charge in [0.25, 0.3) is 0 Å². The van der Waals surface area contributed by atoms with Gasteiger partial charge in [-0.2, -0.15) is 0 Å². The quantitative estimate of drug-likeness (QED) is 0.173. The predicted octanol–water partition coefficient (Wildman–Crippen LogP) is 8.72. The molecule has 6 aromatic rings. The van der Waals surface area contributed by atoms with Crippen molar-refractivity contribution in [1.82, 2.24) is 0 Å². The third kappa shape index (κ3) is 3.18. The zero-order valence-corrected chi connectivity index (χ0v) is 20.7. The van der Waals surface area contributed by atoms with Crippen LogP contribution in [0.4, 0.5) is 0 Å². The number of aryl methyl sites for hydroxylation is 1. The Morgan fingerprint density at radius 2 is 1.35 bits per heavy atom. The Labute approximate surface area is 191 Å². The van der Waals surface area contributed by atoms with Gasteiger partial charge in [0.15, 0.2) is 0 Å². The van der Waals surface area contributed by atoms with Gasteiger partial charge < -0.3 is 0 Å². The maximum absolute atomic E-state index is 3.44. The van der Waals surface area contributed by atoms with Crippen molar-refractivity contribution in [3.8, 4) is 11.8 Å². The maximum Gasteiger partial charge on any atom is 0.0443 e. The summed E-state index contributed by atoms with van der Waals surface area (Å²) in [6.07, 6.45) is 0. The molecule has 0 aliphatic carbocycles. The summed E-state index contributed by atoms with van der Waals surface area (Å²) in [4.78, 5) is 0.